The molecular weight excluding hydrogens is 427 g/mol. The molecule has 0 atom stereocenters. The van der Waals surface area contributed by atoms with E-state index >= 15 is 0 Å². The summed E-state index contributed by atoms with van der Waals surface area (Å²) in [5, 5.41) is 6.13. The lowest BCUT2D eigenvalue weighted by molar-refractivity contribution is -0.119. The molecule has 0 fully saturated rings. The summed E-state index contributed by atoms with van der Waals surface area (Å²) in [6.07, 6.45) is 4.74. The fourth-order valence-electron chi connectivity index (χ4n) is 2.24. The number of guanidine groups is 1. The molecule has 0 aliphatic heterocycles. The Morgan fingerprint density at radius 2 is 2.00 bits per heavy atom. The molecule has 0 aliphatic carbocycles. The lowest BCUT2D eigenvalue weighted by Crippen LogP contribution is -2.40. The number of carbonyl (C=O) groups is 1. The second kappa shape index (κ2) is 14.7. The molecule has 25 heavy (non-hydrogen) atoms. The van der Waals surface area contributed by atoms with E-state index in [1.807, 2.05) is 43.1 Å². The maximum atomic E-state index is 11.9. The highest BCUT2D eigenvalue weighted by Crippen LogP contribution is 1.98. The maximum Gasteiger partial charge on any atom is 0.241 e. The Balaban J connectivity index is 0.00000576. The minimum absolute atomic E-state index is 0. The second-order valence-corrected chi connectivity index (χ2v) is 5.61. The van der Waals surface area contributed by atoms with Gasteiger partial charge in [-0.25, -0.2) is 4.99 Å². The maximum absolute atomic E-state index is 11.9. The standard InChI is InChI=1S/C19H30N4O.HI/c1-4-6-10-15-23(3)19(20-5-2)22-16-18(24)21-14-13-17-11-8-7-9-12-17;/h4,7-9,11-12H,1,5-6,10,13-16H2,2-3H3,(H,20,22)(H,21,24);1H. The van der Waals surface area contributed by atoms with Crippen LogP contribution in [0.5, 0.6) is 0 Å². The zero-order chi connectivity index (χ0) is 17.6. The Morgan fingerprint density at radius 3 is 2.64 bits per heavy atom. The smallest absolute Gasteiger partial charge is 0.241 e. The number of allylic oxidation sites excluding steroid dienone is 1. The van der Waals surface area contributed by atoms with Crippen molar-refractivity contribution in [3.8, 4) is 0 Å². The molecule has 5 nitrogen and oxygen atoms in total. The molecule has 1 aromatic carbocycles. The summed E-state index contributed by atoms with van der Waals surface area (Å²) in [5.41, 5.74) is 1.22. The van der Waals surface area contributed by atoms with Gasteiger partial charge >= 0.3 is 0 Å². The Kier molecular flexibility index (Phi) is 13.8. The van der Waals surface area contributed by atoms with Gasteiger partial charge in [0.25, 0.3) is 0 Å². The zero-order valence-corrected chi connectivity index (χ0v) is 17.7. The van der Waals surface area contributed by atoms with Gasteiger partial charge in [0.15, 0.2) is 5.96 Å². The van der Waals surface area contributed by atoms with E-state index in [1.54, 1.807) is 0 Å². The first-order valence-electron chi connectivity index (χ1n) is 8.58. The van der Waals surface area contributed by atoms with Crippen molar-refractivity contribution in [1.29, 1.82) is 0 Å². The average molecular weight is 458 g/mol. The highest BCUT2D eigenvalue weighted by atomic mass is 127. The van der Waals surface area contributed by atoms with E-state index in [2.05, 4.69) is 34.3 Å². The molecule has 0 spiro atoms. The Bertz CT molecular complexity index is 519. The van der Waals surface area contributed by atoms with Gasteiger partial charge in [0.05, 0.1) is 0 Å². The van der Waals surface area contributed by atoms with Crippen LogP contribution in [-0.4, -0.2) is 50.0 Å². The van der Waals surface area contributed by atoms with Gasteiger partial charge in [0.1, 0.15) is 6.54 Å². The number of rotatable bonds is 10. The molecule has 0 saturated carbocycles. The van der Waals surface area contributed by atoms with E-state index in [0.717, 1.165) is 38.3 Å². The van der Waals surface area contributed by atoms with E-state index in [0.29, 0.717) is 6.54 Å². The monoisotopic (exact) mass is 458 g/mol. The lowest BCUT2D eigenvalue weighted by atomic mass is 10.1. The summed E-state index contributed by atoms with van der Waals surface area (Å²) >= 11 is 0. The van der Waals surface area contributed by atoms with Gasteiger partial charge in [-0.05, 0) is 31.7 Å². The van der Waals surface area contributed by atoms with Crippen LogP contribution in [0.3, 0.4) is 0 Å². The van der Waals surface area contributed by atoms with E-state index in [9.17, 15) is 4.79 Å². The first-order chi connectivity index (χ1) is 11.7. The van der Waals surface area contributed by atoms with E-state index in [1.165, 1.54) is 5.56 Å². The normalized spacial score (nSPS) is 10.6. The highest BCUT2D eigenvalue weighted by Gasteiger charge is 2.06. The number of aliphatic imine (C=N–C) groups is 1. The number of benzene rings is 1. The van der Waals surface area contributed by atoms with Gasteiger partial charge in [-0.2, -0.15) is 0 Å². The van der Waals surface area contributed by atoms with Crippen molar-refractivity contribution in [3.63, 3.8) is 0 Å². The summed E-state index contributed by atoms with van der Waals surface area (Å²) < 4.78 is 0. The minimum Gasteiger partial charge on any atom is -0.357 e. The van der Waals surface area contributed by atoms with E-state index < -0.39 is 0 Å². The van der Waals surface area contributed by atoms with Gasteiger partial charge in [-0.3, -0.25) is 4.79 Å². The van der Waals surface area contributed by atoms with Crippen molar-refractivity contribution >= 4 is 35.8 Å². The van der Waals surface area contributed by atoms with Crippen LogP contribution in [0.15, 0.2) is 48.0 Å². The van der Waals surface area contributed by atoms with Crippen LogP contribution in [0.1, 0.15) is 25.3 Å². The second-order valence-electron chi connectivity index (χ2n) is 5.61. The van der Waals surface area contributed by atoms with Gasteiger partial charge in [-0.15, -0.1) is 30.6 Å². The Morgan fingerprint density at radius 1 is 1.28 bits per heavy atom. The fraction of sp³-hybridized carbons (Fsp3) is 0.474. The predicted molar refractivity (Wildman–Crippen MR) is 117 cm³/mol. The van der Waals surface area contributed by atoms with Gasteiger partial charge < -0.3 is 15.5 Å². The summed E-state index contributed by atoms with van der Waals surface area (Å²) in [7, 11) is 1.98. The Hall–Kier alpha value is -1.57. The van der Waals surface area contributed by atoms with Crippen molar-refractivity contribution < 1.29 is 4.79 Å². The third-order valence-corrected chi connectivity index (χ3v) is 3.55. The Labute approximate surface area is 169 Å². The molecule has 1 aromatic rings. The SMILES string of the molecule is C=CCCCN(C)C(=NCC(=O)NCCc1ccccc1)NCC.I. The summed E-state index contributed by atoms with van der Waals surface area (Å²) in [4.78, 5) is 18.4. The first kappa shape index (κ1) is 23.4. The summed E-state index contributed by atoms with van der Waals surface area (Å²) in [6.45, 7) is 8.18. The van der Waals surface area contributed by atoms with Crippen LogP contribution >= 0.6 is 24.0 Å². The number of nitrogens with one attached hydrogen (secondary N) is 2. The van der Waals surface area contributed by atoms with Crippen LogP contribution in [0.4, 0.5) is 0 Å². The molecule has 0 bridgehead atoms. The van der Waals surface area contributed by atoms with Crippen LogP contribution in [0.25, 0.3) is 0 Å². The molecule has 0 heterocycles. The van der Waals surface area contributed by atoms with E-state index in [-0.39, 0.29) is 36.4 Å². The van der Waals surface area contributed by atoms with Gasteiger partial charge in [0, 0.05) is 26.7 Å². The quantitative estimate of drug-likeness (QED) is 0.187. The molecule has 0 unspecified atom stereocenters. The molecule has 0 saturated heterocycles. The van der Waals surface area contributed by atoms with Crippen LogP contribution in [0, 0.1) is 0 Å². The summed E-state index contributed by atoms with van der Waals surface area (Å²) in [5.74, 6) is 0.709. The zero-order valence-electron chi connectivity index (χ0n) is 15.3. The number of amides is 1. The van der Waals surface area contributed by atoms with Crippen LogP contribution < -0.4 is 10.6 Å². The van der Waals surface area contributed by atoms with Crippen molar-refractivity contribution in [3.05, 3.63) is 48.6 Å². The van der Waals surface area contributed by atoms with Gasteiger partial charge in [0.2, 0.25) is 5.91 Å². The van der Waals surface area contributed by atoms with Crippen molar-refractivity contribution in [2.24, 2.45) is 4.99 Å². The third kappa shape index (κ3) is 10.8. The van der Waals surface area contributed by atoms with Crippen molar-refractivity contribution in [2.75, 3.05) is 33.2 Å². The molecule has 140 valence electrons. The number of halogens is 1. The highest BCUT2D eigenvalue weighted by molar-refractivity contribution is 14.0. The molecule has 0 aliphatic rings. The largest absolute Gasteiger partial charge is 0.357 e. The number of unbranched alkanes of at least 4 members (excludes halogenated alkanes) is 1. The van der Waals surface area contributed by atoms with Crippen molar-refractivity contribution in [2.45, 2.75) is 26.2 Å². The van der Waals surface area contributed by atoms with Gasteiger partial charge in [-0.1, -0.05) is 36.4 Å². The predicted octanol–water partition coefficient (Wildman–Crippen LogP) is 2.83. The molecule has 1 rings (SSSR count). The molecule has 0 aromatic heterocycles. The molecule has 6 heteroatoms. The third-order valence-electron chi connectivity index (χ3n) is 3.55. The fourth-order valence-corrected chi connectivity index (χ4v) is 2.24. The van der Waals surface area contributed by atoms with Crippen LogP contribution in [-0.2, 0) is 11.2 Å². The number of hydrogen-bond donors (Lipinski definition) is 2. The number of carbonyl (C=O) groups excluding carboxylic acids is 1. The molecule has 0 radical (unpaired) electrons. The number of nitrogens with zero attached hydrogens (tertiary/aromatic N) is 2. The average Bonchev–Trinajstić information content (AvgIpc) is 2.59. The molecule has 1 amide bonds. The van der Waals surface area contributed by atoms with Crippen LogP contribution in [0.2, 0.25) is 0 Å². The topological polar surface area (TPSA) is 56.7 Å². The summed E-state index contributed by atoms with van der Waals surface area (Å²) in [6, 6.07) is 10.1. The number of hydrogen-bond acceptors (Lipinski definition) is 2. The minimum atomic E-state index is -0.0548. The van der Waals surface area contributed by atoms with E-state index in [4.69, 9.17) is 0 Å². The van der Waals surface area contributed by atoms with Crippen molar-refractivity contribution in [1.82, 2.24) is 15.5 Å². The molecular formula is C19H31IN4O. The first-order valence-corrected chi connectivity index (χ1v) is 8.58. The molecule has 2 N–H and O–H groups in total. The lowest BCUT2D eigenvalue weighted by Gasteiger charge is -2.21.